The van der Waals surface area contributed by atoms with Crippen LogP contribution in [0.15, 0.2) is 48.5 Å². The molecule has 0 radical (unpaired) electrons. The van der Waals surface area contributed by atoms with E-state index in [0.717, 1.165) is 22.6 Å². The molecule has 1 N–H and O–H groups in total. The molecule has 2 rings (SSSR count). The molecular formula is C21H27NO3. The number of rotatable bonds is 8. The number of benzene rings is 2. The molecule has 1 atom stereocenters. The second kappa shape index (κ2) is 9.11. The summed E-state index contributed by atoms with van der Waals surface area (Å²) in [7, 11) is 0. The number of para-hydroxylation sites is 2. The predicted octanol–water partition coefficient (Wildman–Crippen LogP) is 4.29. The molecule has 1 amide bonds. The highest BCUT2D eigenvalue weighted by Gasteiger charge is 2.17. The normalized spacial score (nSPS) is 11.9. The van der Waals surface area contributed by atoms with Gasteiger partial charge in [-0.15, -0.1) is 0 Å². The van der Waals surface area contributed by atoms with Gasteiger partial charge in [0.15, 0.2) is 6.10 Å². The first-order chi connectivity index (χ1) is 12.0. The van der Waals surface area contributed by atoms with Crippen LogP contribution >= 0.6 is 0 Å². The lowest BCUT2D eigenvalue weighted by atomic mass is 10.0. The van der Waals surface area contributed by atoms with E-state index in [1.807, 2.05) is 55.5 Å². The van der Waals surface area contributed by atoms with Crippen molar-refractivity contribution in [3.05, 3.63) is 59.7 Å². The van der Waals surface area contributed by atoms with Gasteiger partial charge in [0.05, 0.1) is 6.61 Å². The number of carbonyl (C=O) groups is 1. The third-order valence-electron chi connectivity index (χ3n) is 3.94. The van der Waals surface area contributed by atoms with Gasteiger partial charge in [-0.25, -0.2) is 0 Å². The van der Waals surface area contributed by atoms with Crippen molar-refractivity contribution < 1.29 is 14.3 Å². The Morgan fingerprint density at radius 3 is 2.32 bits per heavy atom. The molecule has 0 aliphatic heterocycles. The molecule has 0 fully saturated rings. The monoisotopic (exact) mass is 341 g/mol. The van der Waals surface area contributed by atoms with Crippen LogP contribution in [0.25, 0.3) is 0 Å². The Kier molecular flexibility index (Phi) is 6.87. The fourth-order valence-electron chi connectivity index (χ4n) is 2.58. The predicted molar refractivity (Wildman–Crippen MR) is 100 cm³/mol. The summed E-state index contributed by atoms with van der Waals surface area (Å²) < 4.78 is 11.5. The van der Waals surface area contributed by atoms with Crippen molar-refractivity contribution in [1.29, 1.82) is 0 Å². The molecule has 0 aliphatic rings. The molecule has 2 aromatic carbocycles. The van der Waals surface area contributed by atoms with Gasteiger partial charge in [0.25, 0.3) is 5.91 Å². The zero-order chi connectivity index (χ0) is 18.2. The summed E-state index contributed by atoms with van der Waals surface area (Å²) in [6.45, 7) is 8.93. The van der Waals surface area contributed by atoms with Gasteiger partial charge in [-0.05, 0) is 37.5 Å². The lowest BCUT2D eigenvalue weighted by molar-refractivity contribution is -0.127. The van der Waals surface area contributed by atoms with Crippen molar-refractivity contribution in [3.8, 4) is 11.5 Å². The van der Waals surface area contributed by atoms with Crippen LogP contribution in [0.5, 0.6) is 11.5 Å². The molecule has 0 spiro atoms. The molecule has 0 aromatic heterocycles. The summed E-state index contributed by atoms with van der Waals surface area (Å²) in [5, 5.41) is 2.92. The fraction of sp³-hybridized carbons (Fsp3) is 0.381. The molecule has 4 heteroatoms. The van der Waals surface area contributed by atoms with E-state index in [0.29, 0.717) is 19.1 Å². The average molecular weight is 341 g/mol. The molecule has 2 aromatic rings. The van der Waals surface area contributed by atoms with Crippen LogP contribution in [0.4, 0.5) is 0 Å². The molecule has 0 bridgehead atoms. The first-order valence-corrected chi connectivity index (χ1v) is 8.77. The molecule has 0 unspecified atom stereocenters. The number of hydrogen-bond acceptors (Lipinski definition) is 3. The van der Waals surface area contributed by atoms with Gasteiger partial charge in [0, 0.05) is 12.1 Å². The van der Waals surface area contributed by atoms with Crippen molar-refractivity contribution >= 4 is 5.91 Å². The maximum atomic E-state index is 12.4. The third kappa shape index (κ3) is 5.24. The van der Waals surface area contributed by atoms with E-state index in [2.05, 4.69) is 19.2 Å². The second-order valence-corrected chi connectivity index (χ2v) is 6.21. The van der Waals surface area contributed by atoms with Gasteiger partial charge in [-0.1, -0.05) is 50.2 Å². The quantitative estimate of drug-likeness (QED) is 0.779. The van der Waals surface area contributed by atoms with E-state index in [9.17, 15) is 4.79 Å². The zero-order valence-electron chi connectivity index (χ0n) is 15.4. The average Bonchev–Trinajstić information content (AvgIpc) is 2.61. The Balaban J connectivity index is 1.98. The van der Waals surface area contributed by atoms with Crippen LogP contribution in [0.2, 0.25) is 0 Å². The number of amides is 1. The Morgan fingerprint density at radius 2 is 1.64 bits per heavy atom. The minimum atomic E-state index is -0.570. The van der Waals surface area contributed by atoms with Gasteiger partial charge in [-0.2, -0.15) is 0 Å². The number of hydrogen-bond donors (Lipinski definition) is 1. The lowest BCUT2D eigenvalue weighted by Gasteiger charge is -2.19. The highest BCUT2D eigenvalue weighted by Crippen LogP contribution is 2.26. The van der Waals surface area contributed by atoms with E-state index in [1.165, 1.54) is 0 Å². The summed E-state index contributed by atoms with van der Waals surface area (Å²) in [6, 6.07) is 15.6. The van der Waals surface area contributed by atoms with E-state index < -0.39 is 6.10 Å². The van der Waals surface area contributed by atoms with Crippen LogP contribution in [0.3, 0.4) is 0 Å². The Morgan fingerprint density at radius 1 is 1.00 bits per heavy atom. The van der Waals surface area contributed by atoms with Crippen LogP contribution in [-0.2, 0) is 11.3 Å². The van der Waals surface area contributed by atoms with E-state index in [4.69, 9.17) is 9.47 Å². The van der Waals surface area contributed by atoms with Gasteiger partial charge in [-0.3, -0.25) is 4.79 Å². The highest BCUT2D eigenvalue weighted by atomic mass is 16.5. The SMILES string of the molecule is CCOc1ccccc1CNC(=O)[C@H](C)Oc1ccccc1C(C)C. The fourth-order valence-corrected chi connectivity index (χ4v) is 2.58. The van der Waals surface area contributed by atoms with Crippen LogP contribution in [-0.4, -0.2) is 18.6 Å². The maximum Gasteiger partial charge on any atom is 0.261 e. The molecule has 0 saturated heterocycles. The summed E-state index contributed by atoms with van der Waals surface area (Å²) >= 11 is 0. The van der Waals surface area contributed by atoms with Gasteiger partial charge in [0.1, 0.15) is 11.5 Å². The Labute approximate surface area is 150 Å². The van der Waals surface area contributed by atoms with Crippen molar-refractivity contribution in [2.75, 3.05) is 6.61 Å². The first-order valence-electron chi connectivity index (χ1n) is 8.77. The molecule has 0 heterocycles. The van der Waals surface area contributed by atoms with Crippen molar-refractivity contribution in [2.45, 2.75) is 46.3 Å². The van der Waals surface area contributed by atoms with Crippen molar-refractivity contribution in [3.63, 3.8) is 0 Å². The second-order valence-electron chi connectivity index (χ2n) is 6.21. The van der Waals surface area contributed by atoms with Crippen LogP contribution in [0, 0.1) is 0 Å². The van der Waals surface area contributed by atoms with Gasteiger partial charge in [0.2, 0.25) is 0 Å². The minimum Gasteiger partial charge on any atom is -0.494 e. The molecule has 134 valence electrons. The lowest BCUT2D eigenvalue weighted by Crippen LogP contribution is -2.36. The number of nitrogens with one attached hydrogen (secondary N) is 1. The smallest absolute Gasteiger partial charge is 0.261 e. The molecule has 0 aliphatic carbocycles. The van der Waals surface area contributed by atoms with Gasteiger partial charge >= 0.3 is 0 Å². The third-order valence-corrected chi connectivity index (χ3v) is 3.94. The van der Waals surface area contributed by atoms with Gasteiger partial charge < -0.3 is 14.8 Å². The zero-order valence-corrected chi connectivity index (χ0v) is 15.4. The van der Waals surface area contributed by atoms with E-state index in [-0.39, 0.29) is 5.91 Å². The summed E-state index contributed by atoms with van der Waals surface area (Å²) in [4.78, 5) is 12.4. The summed E-state index contributed by atoms with van der Waals surface area (Å²) in [5.41, 5.74) is 2.05. The van der Waals surface area contributed by atoms with E-state index in [1.54, 1.807) is 6.92 Å². The van der Waals surface area contributed by atoms with Crippen molar-refractivity contribution in [2.24, 2.45) is 0 Å². The summed E-state index contributed by atoms with van der Waals surface area (Å²) in [5.74, 6) is 1.74. The molecule has 25 heavy (non-hydrogen) atoms. The molecule has 4 nitrogen and oxygen atoms in total. The van der Waals surface area contributed by atoms with Crippen molar-refractivity contribution in [1.82, 2.24) is 5.32 Å². The van der Waals surface area contributed by atoms with Crippen LogP contribution < -0.4 is 14.8 Å². The summed E-state index contributed by atoms with van der Waals surface area (Å²) in [6.07, 6.45) is -0.570. The minimum absolute atomic E-state index is 0.148. The van der Waals surface area contributed by atoms with E-state index >= 15 is 0 Å². The largest absolute Gasteiger partial charge is 0.494 e. The number of ether oxygens (including phenoxy) is 2. The molecular weight excluding hydrogens is 314 g/mol. The topological polar surface area (TPSA) is 47.6 Å². The molecule has 0 saturated carbocycles. The highest BCUT2D eigenvalue weighted by molar-refractivity contribution is 5.80. The Bertz CT molecular complexity index is 697. The first kappa shape index (κ1) is 18.8. The standard InChI is InChI=1S/C21H27NO3/c1-5-24-19-12-8-6-10-17(19)14-22-21(23)16(4)25-20-13-9-7-11-18(20)15(2)3/h6-13,15-16H,5,14H2,1-4H3,(H,22,23)/t16-/m0/s1. The number of carbonyl (C=O) groups excluding carboxylic acids is 1. The Hall–Kier alpha value is -2.49. The van der Waals surface area contributed by atoms with Crippen LogP contribution in [0.1, 0.15) is 44.7 Å². The maximum absolute atomic E-state index is 12.4.